The van der Waals surface area contributed by atoms with Crippen molar-refractivity contribution in [2.45, 2.75) is 25.4 Å². The maximum atomic E-state index is 12.2. The molecule has 7 heteroatoms. The van der Waals surface area contributed by atoms with Crippen LogP contribution in [-0.2, 0) is 16.1 Å². The number of hydrogen-bond donors (Lipinski definition) is 2. The molecule has 1 heterocycles. The van der Waals surface area contributed by atoms with E-state index in [1.54, 1.807) is 12.1 Å². The Morgan fingerprint density at radius 3 is 2.75 bits per heavy atom. The van der Waals surface area contributed by atoms with Gasteiger partial charge in [-0.3, -0.25) is 14.4 Å². The van der Waals surface area contributed by atoms with Crippen LogP contribution in [0.3, 0.4) is 0 Å². The zero-order chi connectivity index (χ0) is 14.7. The summed E-state index contributed by atoms with van der Waals surface area (Å²) in [6.45, 7) is -0.316. The average molecular weight is 279 g/mol. The number of carboxylic acid groups (broad SMARTS) is 1. The molecule has 0 radical (unpaired) electrons. The molecule has 0 saturated heterocycles. The Labute approximate surface area is 116 Å². The van der Waals surface area contributed by atoms with Gasteiger partial charge in [0, 0.05) is 19.3 Å². The molecule has 2 rings (SSSR count). The summed E-state index contributed by atoms with van der Waals surface area (Å²) in [5, 5.41) is 11.6. The summed E-state index contributed by atoms with van der Waals surface area (Å²) in [7, 11) is 1.52. The highest BCUT2D eigenvalue weighted by atomic mass is 16.4. The van der Waals surface area contributed by atoms with E-state index in [0.717, 1.165) is 12.8 Å². The monoisotopic (exact) mass is 279 g/mol. The Kier molecular flexibility index (Phi) is 4.07. The number of carbonyl (C=O) groups is 3. The first-order valence-corrected chi connectivity index (χ1v) is 6.39. The normalized spacial score (nSPS) is 13.8. The second-order valence-corrected chi connectivity index (χ2v) is 4.92. The van der Waals surface area contributed by atoms with Crippen LogP contribution in [0.1, 0.15) is 23.3 Å². The van der Waals surface area contributed by atoms with Crippen molar-refractivity contribution < 1.29 is 19.5 Å². The van der Waals surface area contributed by atoms with Crippen molar-refractivity contribution in [2.24, 2.45) is 0 Å². The van der Waals surface area contributed by atoms with Crippen LogP contribution >= 0.6 is 0 Å². The Bertz CT molecular complexity index is 533. The fourth-order valence-electron chi connectivity index (χ4n) is 1.88. The molecule has 1 saturated carbocycles. The number of likely N-dealkylation sites (N-methyl/N-ethyl adjacent to an activating group) is 1. The number of rotatable bonds is 6. The Morgan fingerprint density at radius 1 is 1.45 bits per heavy atom. The van der Waals surface area contributed by atoms with Gasteiger partial charge < -0.3 is 19.9 Å². The average Bonchev–Trinajstić information content (AvgIpc) is 3.04. The van der Waals surface area contributed by atoms with Gasteiger partial charge >= 0.3 is 5.97 Å². The van der Waals surface area contributed by atoms with Gasteiger partial charge in [-0.1, -0.05) is 0 Å². The maximum absolute atomic E-state index is 12.2. The molecular formula is C13H17N3O4. The number of carboxylic acids is 1. The quantitative estimate of drug-likeness (QED) is 0.762. The van der Waals surface area contributed by atoms with Crippen molar-refractivity contribution in [2.75, 3.05) is 13.6 Å². The number of hydrogen-bond acceptors (Lipinski definition) is 3. The smallest absolute Gasteiger partial charge is 0.323 e. The topological polar surface area (TPSA) is 91.6 Å². The van der Waals surface area contributed by atoms with Crippen LogP contribution in [0, 0.1) is 0 Å². The fourth-order valence-corrected chi connectivity index (χ4v) is 1.88. The molecule has 7 nitrogen and oxygen atoms in total. The van der Waals surface area contributed by atoms with Crippen LogP contribution in [-0.4, -0.2) is 52.0 Å². The summed E-state index contributed by atoms with van der Waals surface area (Å²) in [5.41, 5.74) is 0.258. The lowest BCUT2D eigenvalue weighted by Gasteiger charge is -2.17. The first kappa shape index (κ1) is 14.1. The van der Waals surface area contributed by atoms with Crippen LogP contribution in [0.25, 0.3) is 0 Å². The predicted molar refractivity (Wildman–Crippen MR) is 70.2 cm³/mol. The third kappa shape index (κ3) is 3.59. The Balaban J connectivity index is 1.96. The number of nitrogens with one attached hydrogen (secondary N) is 1. The van der Waals surface area contributed by atoms with Crippen LogP contribution < -0.4 is 5.32 Å². The highest BCUT2D eigenvalue weighted by Gasteiger charge is 2.25. The lowest BCUT2D eigenvalue weighted by molar-refractivity contribution is -0.137. The first-order chi connectivity index (χ1) is 9.47. The van der Waals surface area contributed by atoms with Crippen molar-refractivity contribution in [3.05, 3.63) is 24.0 Å². The van der Waals surface area contributed by atoms with Gasteiger partial charge in [-0.2, -0.15) is 0 Å². The van der Waals surface area contributed by atoms with Gasteiger partial charge in [0.05, 0.1) is 6.54 Å². The second kappa shape index (κ2) is 5.77. The van der Waals surface area contributed by atoms with E-state index in [-0.39, 0.29) is 36.6 Å². The molecule has 0 atom stereocenters. The van der Waals surface area contributed by atoms with Gasteiger partial charge in [-0.15, -0.1) is 0 Å². The fraction of sp³-hybridized carbons (Fsp3) is 0.462. The van der Waals surface area contributed by atoms with Crippen molar-refractivity contribution in [3.63, 3.8) is 0 Å². The predicted octanol–water partition coefficient (Wildman–Crippen LogP) is -0.0767. The van der Waals surface area contributed by atoms with Crippen molar-refractivity contribution in [1.29, 1.82) is 0 Å². The molecule has 1 aliphatic rings. The summed E-state index contributed by atoms with van der Waals surface area (Å²) in [6.07, 6.45) is 3.51. The summed E-state index contributed by atoms with van der Waals surface area (Å²) < 4.78 is 1.35. The third-order valence-electron chi connectivity index (χ3n) is 3.02. The van der Waals surface area contributed by atoms with Gasteiger partial charge in [0.1, 0.15) is 12.2 Å². The zero-order valence-corrected chi connectivity index (χ0v) is 11.2. The minimum Gasteiger partial charge on any atom is -0.480 e. The molecule has 0 aromatic carbocycles. The highest BCUT2D eigenvalue weighted by molar-refractivity contribution is 5.95. The van der Waals surface area contributed by atoms with Crippen LogP contribution in [0.15, 0.2) is 18.3 Å². The summed E-state index contributed by atoms with van der Waals surface area (Å²) >= 11 is 0. The second-order valence-electron chi connectivity index (χ2n) is 4.92. The number of aromatic nitrogens is 1. The molecule has 0 aliphatic heterocycles. The van der Waals surface area contributed by atoms with E-state index >= 15 is 0 Å². The number of aliphatic carboxylic acids is 1. The number of carbonyl (C=O) groups excluding carboxylic acids is 2. The van der Waals surface area contributed by atoms with E-state index in [0.29, 0.717) is 0 Å². The van der Waals surface area contributed by atoms with Gasteiger partial charge in [0.2, 0.25) is 5.91 Å². The van der Waals surface area contributed by atoms with Gasteiger partial charge in [0.25, 0.3) is 5.91 Å². The maximum Gasteiger partial charge on any atom is 0.323 e. The lowest BCUT2D eigenvalue weighted by atomic mass is 10.3. The van der Waals surface area contributed by atoms with E-state index in [1.165, 1.54) is 22.7 Å². The molecule has 1 fully saturated rings. The molecule has 0 unspecified atom stereocenters. The van der Waals surface area contributed by atoms with E-state index in [1.807, 2.05) is 0 Å². The SMILES string of the molecule is CN(CC(=O)NC1CC1)C(=O)c1cccn1CC(=O)O. The van der Waals surface area contributed by atoms with Crippen molar-refractivity contribution in [1.82, 2.24) is 14.8 Å². The molecule has 0 spiro atoms. The first-order valence-electron chi connectivity index (χ1n) is 6.39. The summed E-state index contributed by atoms with van der Waals surface area (Å²) in [6, 6.07) is 3.40. The molecule has 2 N–H and O–H groups in total. The van der Waals surface area contributed by atoms with Crippen LogP contribution in [0.4, 0.5) is 0 Å². The molecular weight excluding hydrogens is 262 g/mol. The largest absolute Gasteiger partial charge is 0.480 e. The van der Waals surface area contributed by atoms with Crippen LogP contribution in [0.2, 0.25) is 0 Å². The highest BCUT2D eigenvalue weighted by Crippen LogP contribution is 2.18. The van der Waals surface area contributed by atoms with E-state index in [9.17, 15) is 14.4 Å². The number of nitrogens with zero attached hydrogens (tertiary/aromatic N) is 2. The standard InChI is InChI=1S/C13H17N3O4/c1-15(7-11(17)14-9-4-5-9)13(20)10-3-2-6-16(10)8-12(18)19/h2-3,6,9H,4-5,7-8H2,1H3,(H,14,17)(H,18,19). The number of amides is 2. The summed E-state index contributed by atoms with van der Waals surface area (Å²) in [4.78, 5) is 35.8. The summed E-state index contributed by atoms with van der Waals surface area (Å²) in [5.74, 6) is -1.59. The molecule has 20 heavy (non-hydrogen) atoms. The Morgan fingerprint density at radius 2 is 2.15 bits per heavy atom. The molecule has 108 valence electrons. The Hall–Kier alpha value is -2.31. The zero-order valence-electron chi connectivity index (χ0n) is 11.2. The molecule has 1 aromatic heterocycles. The van der Waals surface area contributed by atoms with Gasteiger partial charge in [-0.05, 0) is 25.0 Å². The van der Waals surface area contributed by atoms with Crippen molar-refractivity contribution in [3.8, 4) is 0 Å². The molecule has 2 amide bonds. The van der Waals surface area contributed by atoms with Crippen molar-refractivity contribution >= 4 is 17.8 Å². The minimum atomic E-state index is -1.02. The molecule has 1 aromatic rings. The molecule has 0 bridgehead atoms. The minimum absolute atomic E-state index is 0.0341. The molecule has 1 aliphatic carbocycles. The van der Waals surface area contributed by atoms with E-state index < -0.39 is 5.97 Å². The van der Waals surface area contributed by atoms with Gasteiger partial charge in [0.15, 0.2) is 0 Å². The van der Waals surface area contributed by atoms with E-state index in [2.05, 4.69) is 5.32 Å². The van der Waals surface area contributed by atoms with Gasteiger partial charge in [-0.25, -0.2) is 0 Å². The lowest BCUT2D eigenvalue weighted by Crippen LogP contribution is -2.39. The third-order valence-corrected chi connectivity index (χ3v) is 3.02. The van der Waals surface area contributed by atoms with Crippen LogP contribution in [0.5, 0.6) is 0 Å². The van der Waals surface area contributed by atoms with E-state index in [4.69, 9.17) is 5.11 Å².